The number of hydrogen-bond donors (Lipinski definition) is 4. The lowest BCUT2D eigenvalue weighted by Gasteiger charge is -2.15. The molecule has 0 heterocycles. The van der Waals surface area contributed by atoms with Gasteiger partial charge in [-0.25, -0.2) is 13.2 Å². The second-order valence-electron chi connectivity index (χ2n) is 7.56. The molecule has 0 fully saturated rings. The summed E-state index contributed by atoms with van der Waals surface area (Å²) >= 11 is 0. The molecule has 4 aromatic carbocycles. The summed E-state index contributed by atoms with van der Waals surface area (Å²) < 4.78 is 34.2. The molecule has 8 nitrogen and oxygen atoms in total. The second-order valence-corrected chi connectivity index (χ2v) is 9.24. The van der Waals surface area contributed by atoms with Crippen molar-refractivity contribution in [3.8, 4) is 22.6 Å². The van der Waals surface area contributed by atoms with Crippen molar-refractivity contribution in [1.29, 1.82) is 5.41 Å². The number of carboxylic acid groups (broad SMARTS) is 1. The minimum atomic E-state index is -3.84. The molecule has 0 atom stereocenters. The summed E-state index contributed by atoms with van der Waals surface area (Å²) in [7, 11) is -3.84. The molecule has 0 amide bonds. The summed E-state index contributed by atoms with van der Waals surface area (Å²) in [5, 5.41) is 16.9. The van der Waals surface area contributed by atoms with Crippen LogP contribution < -0.4 is 15.2 Å². The highest BCUT2D eigenvalue weighted by atomic mass is 32.2. The van der Waals surface area contributed by atoms with Crippen LogP contribution in [0.1, 0.15) is 15.9 Å². The number of hydrogen-bond acceptors (Lipinski definition) is 5. The van der Waals surface area contributed by atoms with E-state index in [1.807, 2.05) is 0 Å². The van der Waals surface area contributed by atoms with Crippen LogP contribution in [-0.4, -0.2) is 25.3 Å². The molecule has 0 aliphatic heterocycles. The lowest BCUT2D eigenvalue weighted by atomic mass is 10.0. The average Bonchev–Trinajstić information content (AvgIpc) is 2.85. The van der Waals surface area contributed by atoms with Crippen molar-refractivity contribution in [3.63, 3.8) is 0 Å². The Morgan fingerprint density at radius 2 is 1.57 bits per heavy atom. The molecule has 4 rings (SSSR count). The number of anilines is 1. The van der Waals surface area contributed by atoms with Crippen LogP contribution in [0.15, 0.2) is 102 Å². The van der Waals surface area contributed by atoms with Crippen molar-refractivity contribution in [1.82, 2.24) is 0 Å². The van der Waals surface area contributed by atoms with Gasteiger partial charge in [-0.2, -0.15) is 0 Å². The third kappa shape index (κ3) is 5.48. The first-order valence-electron chi connectivity index (χ1n) is 10.4. The number of amidine groups is 1. The van der Waals surface area contributed by atoms with Gasteiger partial charge in [-0.3, -0.25) is 10.1 Å². The maximum absolute atomic E-state index is 12.8. The first kappa shape index (κ1) is 23.5. The fourth-order valence-corrected chi connectivity index (χ4v) is 4.44. The second kappa shape index (κ2) is 9.70. The molecule has 0 aliphatic rings. The predicted octanol–water partition coefficient (Wildman–Crippen LogP) is 4.93. The summed E-state index contributed by atoms with van der Waals surface area (Å²) in [5.74, 6) is -0.318. The van der Waals surface area contributed by atoms with E-state index in [-0.39, 0.29) is 22.0 Å². The van der Waals surface area contributed by atoms with Gasteiger partial charge in [0.15, 0.2) is 0 Å². The number of nitrogens with two attached hydrogens (primary N) is 1. The van der Waals surface area contributed by atoms with Gasteiger partial charge in [0.05, 0.1) is 10.5 Å². The number of rotatable bonds is 8. The van der Waals surface area contributed by atoms with E-state index >= 15 is 0 Å². The number of nitrogen functional groups attached to an aromatic ring is 1. The fraction of sp³-hybridized carbons (Fsp3) is 0. The molecule has 5 N–H and O–H groups in total. The smallest absolute Gasteiger partial charge is 0.335 e. The van der Waals surface area contributed by atoms with E-state index < -0.39 is 16.0 Å². The Labute approximate surface area is 202 Å². The van der Waals surface area contributed by atoms with E-state index in [0.717, 1.165) is 0 Å². The number of sulfonamides is 1. The summed E-state index contributed by atoms with van der Waals surface area (Å²) in [4.78, 5) is 11.6. The Bertz CT molecular complexity index is 1500. The van der Waals surface area contributed by atoms with Gasteiger partial charge < -0.3 is 15.6 Å². The monoisotopic (exact) mass is 487 g/mol. The van der Waals surface area contributed by atoms with Crippen LogP contribution in [0.3, 0.4) is 0 Å². The Kier molecular flexibility index (Phi) is 6.52. The Morgan fingerprint density at radius 3 is 2.23 bits per heavy atom. The number of carbonyl (C=O) groups is 1. The molecule has 4 aromatic rings. The van der Waals surface area contributed by atoms with Crippen molar-refractivity contribution in [3.05, 3.63) is 108 Å². The average molecular weight is 488 g/mol. The molecule has 176 valence electrons. The topological polar surface area (TPSA) is 143 Å². The highest BCUT2D eigenvalue weighted by molar-refractivity contribution is 7.92. The molecule has 0 aromatic heterocycles. The summed E-state index contributed by atoms with van der Waals surface area (Å²) in [6.45, 7) is 0. The summed E-state index contributed by atoms with van der Waals surface area (Å²) in [5.41, 5.74) is 7.41. The van der Waals surface area contributed by atoms with Crippen LogP contribution in [0.5, 0.6) is 11.5 Å². The third-order valence-corrected chi connectivity index (χ3v) is 6.50. The quantitative estimate of drug-likeness (QED) is 0.205. The number of carboxylic acids is 1. The van der Waals surface area contributed by atoms with Crippen LogP contribution in [0.4, 0.5) is 5.69 Å². The number of benzene rings is 4. The molecule has 0 radical (unpaired) electrons. The van der Waals surface area contributed by atoms with Gasteiger partial charge in [-0.05, 0) is 72.3 Å². The third-order valence-electron chi connectivity index (χ3n) is 5.10. The SMILES string of the molecule is N=C(N)c1ccc(Oc2ccc(NS(=O)(=O)c3ccccc3)cc2-c2cccc(C(=O)O)c2)cc1. The largest absolute Gasteiger partial charge is 0.478 e. The van der Waals surface area contributed by atoms with Gasteiger partial charge in [0.25, 0.3) is 10.0 Å². The van der Waals surface area contributed by atoms with Crippen LogP contribution >= 0.6 is 0 Å². The lowest BCUT2D eigenvalue weighted by Crippen LogP contribution is -2.12. The number of aromatic carboxylic acids is 1. The first-order valence-corrected chi connectivity index (χ1v) is 11.9. The molecule has 0 bridgehead atoms. The summed E-state index contributed by atoms with van der Waals surface area (Å²) in [6, 6.07) is 25.6. The van der Waals surface area contributed by atoms with E-state index in [9.17, 15) is 18.3 Å². The zero-order chi connectivity index (χ0) is 25.0. The van der Waals surface area contributed by atoms with Crippen molar-refractivity contribution < 1.29 is 23.1 Å². The van der Waals surface area contributed by atoms with Crippen molar-refractivity contribution in [2.45, 2.75) is 4.90 Å². The molecule has 0 saturated heterocycles. The van der Waals surface area contributed by atoms with Gasteiger partial charge in [-0.1, -0.05) is 30.3 Å². The minimum absolute atomic E-state index is 0.0715. The minimum Gasteiger partial charge on any atom is -0.478 e. The lowest BCUT2D eigenvalue weighted by molar-refractivity contribution is 0.0697. The van der Waals surface area contributed by atoms with Crippen LogP contribution in [0.2, 0.25) is 0 Å². The maximum Gasteiger partial charge on any atom is 0.335 e. The fourth-order valence-electron chi connectivity index (χ4n) is 3.37. The Hall–Kier alpha value is -4.63. The first-order chi connectivity index (χ1) is 16.7. The van der Waals surface area contributed by atoms with Crippen LogP contribution in [-0.2, 0) is 10.0 Å². The number of nitrogens with one attached hydrogen (secondary N) is 2. The van der Waals surface area contributed by atoms with Crippen LogP contribution in [0, 0.1) is 5.41 Å². The van der Waals surface area contributed by atoms with Crippen molar-refractivity contribution in [2.75, 3.05) is 4.72 Å². The van der Waals surface area contributed by atoms with E-state index in [1.54, 1.807) is 72.8 Å². The van der Waals surface area contributed by atoms with Gasteiger partial charge in [0, 0.05) is 16.8 Å². The van der Waals surface area contributed by atoms with Gasteiger partial charge >= 0.3 is 5.97 Å². The van der Waals surface area contributed by atoms with Gasteiger partial charge in [0.1, 0.15) is 17.3 Å². The zero-order valence-electron chi connectivity index (χ0n) is 18.3. The van der Waals surface area contributed by atoms with Crippen LogP contribution in [0.25, 0.3) is 11.1 Å². The molecular weight excluding hydrogens is 466 g/mol. The van der Waals surface area contributed by atoms with Crippen molar-refractivity contribution >= 4 is 27.5 Å². The highest BCUT2D eigenvalue weighted by Gasteiger charge is 2.17. The zero-order valence-corrected chi connectivity index (χ0v) is 19.1. The van der Waals surface area contributed by atoms with Gasteiger partial charge in [0.2, 0.25) is 0 Å². The normalized spacial score (nSPS) is 11.0. The molecular formula is C26H21N3O5S. The Balaban J connectivity index is 1.75. The molecule has 0 unspecified atom stereocenters. The van der Waals surface area contributed by atoms with E-state index in [4.69, 9.17) is 15.9 Å². The molecule has 0 aliphatic carbocycles. The maximum atomic E-state index is 12.8. The van der Waals surface area contributed by atoms with Gasteiger partial charge in [-0.15, -0.1) is 0 Å². The van der Waals surface area contributed by atoms with E-state index in [2.05, 4.69) is 4.72 Å². The van der Waals surface area contributed by atoms with Crippen molar-refractivity contribution in [2.24, 2.45) is 5.73 Å². The Morgan fingerprint density at radius 1 is 0.857 bits per heavy atom. The molecule has 35 heavy (non-hydrogen) atoms. The summed E-state index contributed by atoms with van der Waals surface area (Å²) in [6.07, 6.45) is 0. The van der Waals surface area contributed by atoms with E-state index in [0.29, 0.717) is 28.2 Å². The molecule has 9 heteroatoms. The molecule has 0 saturated carbocycles. The predicted molar refractivity (Wildman–Crippen MR) is 134 cm³/mol. The highest BCUT2D eigenvalue weighted by Crippen LogP contribution is 2.36. The standard InChI is InChI=1S/C26H21N3O5S/c27-25(28)17-9-12-21(13-10-17)34-24-14-11-20(29-35(32,33)22-7-2-1-3-8-22)16-23(24)18-5-4-6-19(15-18)26(30)31/h1-16,29H,(H3,27,28)(H,30,31). The number of ether oxygens (including phenoxy) is 1. The van der Waals surface area contributed by atoms with E-state index in [1.165, 1.54) is 24.3 Å². The molecule has 0 spiro atoms.